The molecule has 0 fully saturated rings. The normalized spacial score (nSPS) is 13.8. The van der Waals surface area contributed by atoms with Crippen LogP contribution >= 0.6 is 0 Å². The molecule has 0 saturated carbocycles. The third kappa shape index (κ3) is 9.05. The van der Waals surface area contributed by atoms with E-state index < -0.39 is 59.0 Å². The molecule has 0 bridgehead atoms. The largest absolute Gasteiger partial charge is 0.507 e. The summed E-state index contributed by atoms with van der Waals surface area (Å²) in [6.07, 6.45) is -1.43. The average Bonchev–Trinajstić information content (AvgIpc) is 2.63. The summed E-state index contributed by atoms with van der Waals surface area (Å²) in [7, 11) is 0. The molecule has 4 amide bonds. The molecule has 0 aliphatic carbocycles. The zero-order valence-corrected chi connectivity index (χ0v) is 23.1. The van der Waals surface area contributed by atoms with Gasteiger partial charge in [0, 0.05) is 16.6 Å². The van der Waals surface area contributed by atoms with E-state index in [1.165, 1.54) is 4.90 Å². The van der Waals surface area contributed by atoms with Crippen LogP contribution in [0.3, 0.4) is 0 Å². The van der Waals surface area contributed by atoms with Gasteiger partial charge in [-0.15, -0.1) is 0 Å². The van der Waals surface area contributed by atoms with E-state index in [-0.39, 0.29) is 11.3 Å². The minimum atomic E-state index is -1.41. The molecule has 1 rings (SSSR count). The summed E-state index contributed by atoms with van der Waals surface area (Å²) < 4.78 is 5.27. The number of nitrogens with two attached hydrogens (primary N) is 1. The lowest BCUT2D eigenvalue weighted by molar-refractivity contribution is -0.149. The molecule has 0 radical (unpaired) electrons. The van der Waals surface area contributed by atoms with Crippen molar-refractivity contribution in [1.29, 1.82) is 0 Å². The molecule has 2 unspecified atom stereocenters. The molecular formula is C26H42N4O6. The van der Waals surface area contributed by atoms with E-state index in [9.17, 15) is 24.3 Å². The maximum Gasteiger partial charge on any atom is 0.408 e. The van der Waals surface area contributed by atoms with Gasteiger partial charge < -0.3 is 31.1 Å². The number of phenols is 1. The standard InChI is InChI=1S/C26H42N4O6/c1-15-12-11-13-16(20(15)32)19(21(33)29-24(2,3)4)30(25(5,6)7)22(34)17(14-18(27)31)28-23(35)36-26(8,9)10/h11-13,17,19,32H,14H2,1-10H3,(H2,27,31)(H,28,35)(H,29,33). The van der Waals surface area contributed by atoms with Gasteiger partial charge in [-0.2, -0.15) is 0 Å². The minimum absolute atomic E-state index is 0.139. The molecule has 10 heteroatoms. The first-order valence-corrected chi connectivity index (χ1v) is 11.9. The highest BCUT2D eigenvalue weighted by molar-refractivity contribution is 5.95. The van der Waals surface area contributed by atoms with E-state index >= 15 is 0 Å². The fourth-order valence-corrected chi connectivity index (χ4v) is 3.60. The van der Waals surface area contributed by atoms with Crippen LogP contribution in [0.4, 0.5) is 4.79 Å². The van der Waals surface area contributed by atoms with Crippen LogP contribution in [-0.2, 0) is 19.1 Å². The van der Waals surface area contributed by atoms with Gasteiger partial charge in [-0.3, -0.25) is 14.4 Å². The molecule has 0 aliphatic rings. The molecule has 1 aromatic rings. The number of hydrogen-bond acceptors (Lipinski definition) is 6. The minimum Gasteiger partial charge on any atom is -0.507 e. The number of aryl methyl sites for hydroxylation is 1. The van der Waals surface area contributed by atoms with Crippen molar-refractivity contribution in [2.75, 3.05) is 0 Å². The first-order chi connectivity index (χ1) is 16.1. The molecule has 0 aliphatic heterocycles. The zero-order chi connectivity index (χ0) is 28.2. The van der Waals surface area contributed by atoms with Crippen LogP contribution in [-0.4, -0.2) is 56.5 Å². The molecule has 0 spiro atoms. The van der Waals surface area contributed by atoms with Gasteiger partial charge in [0.25, 0.3) is 0 Å². The van der Waals surface area contributed by atoms with Crippen LogP contribution in [0.2, 0.25) is 0 Å². The number of hydrogen-bond donors (Lipinski definition) is 4. The van der Waals surface area contributed by atoms with Gasteiger partial charge in [0.2, 0.25) is 17.7 Å². The van der Waals surface area contributed by atoms with E-state index in [4.69, 9.17) is 10.5 Å². The molecule has 0 saturated heterocycles. The Morgan fingerprint density at radius 3 is 2.03 bits per heavy atom. The van der Waals surface area contributed by atoms with E-state index in [0.717, 1.165) is 0 Å². The maximum atomic E-state index is 14.0. The number of carbonyl (C=O) groups excluding carboxylic acids is 4. The second kappa shape index (κ2) is 11.2. The number of para-hydroxylation sites is 1. The Hall–Kier alpha value is -3.30. The zero-order valence-electron chi connectivity index (χ0n) is 23.1. The smallest absolute Gasteiger partial charge is 0.408 e. The molecule has 0 heterocycles. The Labute approximate surface area is 213 Å². The fraction of sp³-hybridized carbons (Fsp3) is 0.615. The number of primary amides is 1. The van der Waals surface area contributed by atoms with Gasteiger partial charge in [0.05, 0.1) is 6.42 Å². The van der Waals surface area contributed by atoms with E-state index in [1.54, 1.807) is 87.4 Å². The first kappa shape index (κ1) is 30.7. The van der Waals surface area contributed by atoms with Gasteiger partial charge in [-0.1, -0.05) is 18.2 Å². The number of aromatic hydroxyl groups is 1. The van der Waals surface area contributed by atoms with E-state index in [0.29, 0.717) is 5.56 Å². The monoisotopic (exact) mass is 506 g/mol. The highest BCUT2D eigenvalue weighted by atomic mass is 16.6. The summed E-state index contributed by atoms with van der Waals surface area (Å²) in [5.74, 6) is -2.24. The number of phenolic OH excluding ortho intramolecular Hbond substituents is 1. The topological polar surface area (TPSA) is 151 Å². The van der Waals surface area contributed by atoms with Gasteiger partial charge in [-0.25, -0.2) is 4.79 Å². The number of amides is 4. The van der Waals surface area contributed by atoms with Crippen LogP contribution in [0, 0.1) is 6.92 Å². The lowest BCUT2D eigenvalue weighted by atomic mass is 9.92. The highest BCUT2D eigenvalue weighted by Gasteiger charge is 2.43. The van der Waals surface area contributed by atoms with Crippen molar-refractivity contribution in [3.8, 4) is 5.75 Å². The molecule has 202 valence electrons. The van der Waals surface area contributed by atoms with Gasteiger partial charge >= 0.3 is 6.09 Å². The van der Waals surface area contributed by atoms with Gasteiger partial charge in [0.1, 0.15) is 23.4 Å². The lowest BCUT2D eigenvalue weighted by Crippen LogP contribution is -2.60. The summed E-state index contributed by atoms with van der Waals surface area (Å²) in [5, 5.41) is 16.2. The SMILES string of the molecule is Cc1cccc(C(C(=O)NC(C)(C)C)N(C(=O)C(CC(N)=O)NC(=O)OC(C)(C)C)C(C)(C)C)c1O. The number of ether oxygens (including phenoxy) is 1. The number of nitrogens with zero attached hydrogens (tertiary/aromatic N) is 1. The Bertz CT molecular complexity index is 986. The van der Waals surface area contributed by atoms with Gasteiger partial charge in [-0.05, 0) is 74.8 Å². The number of benzene rings is 1. The van der Waals surface area contributed by atoms with E-state index in [2.05, 4.69) is 10.6 Å². The molecular weight excluding hydrogens is 464 g/mol. The Morgan fingerprint density at radius 1 is 1.03 bits per heavy atom. The summed E-state index contributed by atoms with van der Waals surface area (Å²) in [6.45, 7) is 17.2. The van der Waals surface area contributed by atoms with Crippen LogP contribution < -0.4 is 16.4 Å². The predicted molar refractivity (Wildman–Crippen MR) is 137 cm³/mol. The van der Waals surface area contributed by atoms with Gasteiger partial charge in [0.15, 0.2) is 0 Å². The maximum absolute atomic E-state index is 14.0. The molecule has 0 aromatic heterocycles. The molecule has 36 heavy (non-hydrogen) atoms. The highest BCUT2D eigenvalue weighted by Crippen LogP contribution is 2.36. The Kier molecular flexibility index (Phi) is 9.54. The van der Waals surface area contributed by atoms with Crippen molar-refractivity contribution >= 4 is 23.8 Å². The summed E-state index contributed by atoms with van der Waals surface area (Å²) in [5.41, 5.74) is 3.63. The summed E-state index contributed by atoms with van der Waals surface area (Å²) in [4.78, 5) is 53.3. The Balaban J connectivity index is 3.71. The van der Waals surface area contributed by atoms with Crippen molar-refractivity contribution in [3.63, 3.8) is 0 Å². The van der Waals surface area contributed by atoms with E-state index in [1.807, 2.05) is 0 Å². The van der Waals surface area contributed by atoms with Crippen LogP contribution in [0.25, 0.3) is 0 Å². The second-order valence-electron chi connectivity index (χ2n) is 11.9. The summed E-state index contributed by atoms with van der Waals surface area (Å²) >= 11 is 0. The second-order valence-corrected chi connectivity index (χ2v) is 11.9. The third-order valence-electron chi connectivity index (χ3n) is 4.92. The number of carbonyl (C=O) groups is 4. The molecule has 1 aromatic carbocycles. The molecule has 5 N–H and O–H groups in total. The van der Waals surface area contributed by atoms with Crippen LogP contribution in [0.1, 0.15) is 85.9 Å². The van der Waals surface area contributed by atoms with Crippen molar-refractivity contribution in [1.82, 2.24) is 15.5 Å². The average molecular weight is 507 g/mol. The lowest BCUT2D eigenvalue weighted by Gasteiger charge is -2.43. The predicted octanol–water partition coefficient (Wildman–Crippen LogP) is 3.05. The number of alkyl carbamates (subject to hydrolysis) is 1. The fourth-order valence-electron chi connectivity index (χ4n) is 3.60. The number of rotatable bonds is 7. The quantitative estimate of drug-likeness (QED) is 0.446. The van der Waals surface area contributed by atoms with Crippen LogP contribution in [0.15, 0.2) is 18.2 Å². The van der Waals surface area contributed by atoms with Crippen molar-refractivity contribution in [2.45, 2.75) is 104 Å². The first-order valence-electron chi connectivity index (χ1n) is 11.9. The van der Waals surface area contributed by atoms with Crippen molar-refractivity contribution < 1.29 is 29.0 Å². The third-order valence-corrected chi connectivity index (χ3v) is 4.92. The van der Waals surface area contributed by atoms with Crippen molar-refractivity contribution in [2.24, 2.45) is 5.73 Å². The van der Waals surface area contributed by atoms with Crippen molar-refractivity contribution in [3.05, 3.63) is 29.3 Å². The van der Waals surface area contributed by atoms with Crippen LogP contribution in [0.5, 0.6) is 5.75 Å². The summed E-state index contributed by atoms with van der Waals surface area (Å²) in [6, 6.07) is 2.22. The molecule has 2 atom stereocenters. The molecule has 10 nitrogen and oxygen atoms in total. The number of nitrogens with one attached hydrogen (secondary N) is 2. The Morgan fingerprint density at radius 2 is 1.58 bits per heavy atom.